The lowest BCUT2D eigenvalue weighted by molar-refractivity contribution is -0.384. The first-order chi connectivity index (χ1) is 12.5. The molecule has 0 aliphatic carbocycles. The van der Waals surface area contributed by atoms with Crippen molar-refractivity contribution in [2.75, 3.05) is 18.1 Å². The van der Waals surface area contributed by atoms with E-state index in [4.69, 9.17) is 5.11 Å². The highest BCUT2D eigenvalue weighted by Crippen LogP contribution is 2.27. The van der Waals surface area contributed by atoms with Crippen LogP contribution in [0, 0.1) is 10.1 Å². The van der Waals surface area contributed by atoms with Crippen LogP contribution in [0.3, 0.4) is 0 Å². The smallest absolute Gasteiger partial charge is 0.305 e. The van der Waals surface area contributed by atoms with E-state index in [-0.39, 0.29) is 17.7 Å². The number of carbonyl (C=O) groups is 2. The molecule has 1 unspecified atom stereocenters. The van der Waals surface area contributed by atoms with Crippen molar-refractivity contribution in [1.29, 1.82) is 0 Å². The molecule has 1 amide bonds. The first-order valence-electron chi connectivity index (χ1n) is 7.84. The lowest BCUT2D eigenvalue weighted by atomic mass is 10.1. The highest BCUT2D eigenvalue weighted by molar-refractivity contribution is 7.99. The average molecular weight is 376 g/mol. The molecule has 1 fully saturated rings. The molecule has 26 heavy (non-hydrogen) atoms. The zero-order chi connectivity index (χ0) is 18.7. The van der Waals surface area contributed by atoms with Crippen LogP contribution in [-0.2, 0) is 4.79 Å². The minimum Gasteiger partial charge on any atom is -0.481 e. The van der Waals surface area contributed by atoms with Crippen molar-refractivity contribution in [3.05, 3.63) is 52.6 Å². The summed E-state index contributed by atoms with van der Waals surface area (Å²) in [4.78, 5) is 40.2. The molecule has 0 bridgehead atoms. The van der Waals surface area contributed by atoms with Gasteiger partial charge in [0.1, 0.15) is 5.69 Å². The summed E-state index contributed by atoms with van der Waals surface area (Å²) in [6.45, 7) is 0.415. The fourth-order valence-corrected chi connectivity index (χ4v) is 3.94. The Bertz CT molecular complexity index is 839. The number of nitro benzene ring substituents is 1. The van der Waals surface area contributed by atoms with E-state index in [9.17, 15) is 19.7 Å². The molecule has 1 aromatic carbocycles. The molecule has 1 atom stereocenters. The van der Waals surface area contributed by atoms with E-state index in [1.54, 1.807) is 18.0 Å². The molecule has 0 radical (unpaired) electrons. The number of imidazole rings is 1. The Morgan fingerprint density at radius 1 is 1.42 bits per heavy atom. The van der Waals surface area contributed by atoms with E-state index in [0.29, 0.717) is 23.7 Å². The molecule has 0 spiro atoms. The number of nitro groups is 1. The molecular formula is C16H16N4O5S. The number of aromatic nitrogens is 2. The standard InChI is InChI=1S/C16H16N4O5S/c21-15(22)8-12-9-26-6-5-19(12)16(23)11-1-2-13(14(7-11)20(24)25)18-4-3-17-10-18/h1-4,7,10,12H,5-6,8-9H2,(H,21,22). The molecule has 0 saturated carbocycles. The van der Waals surface area contributed by atoms with E-state index in [1.807, 2.05) is 0 Å². The van der Waals surface area contributed by atoms with Crippen molar-refractivity contribution in [2.24, 2.45) is 0 Å². The van der Waals surface area contributed by atoms with Gasteiger partial charge in [0.05, 0.1) is 23.7 Å². The van der Waals surface area contributed by atoms with Crippen LogP contribution in [0.25, 0.3) is 5.69 Å². The third kappa shape index (κ3) is 3.69. The summed E-state index contributed by atoms with van der Waals surface area (Å²) in [6, 6.07) is 3.82. The number of amides is 1. The molecule has 1 aliphatic heterocycles. The summed E-state index contributed by atoms with van der Waals surface area (Å²) in [5.41, 5.74) is 0.262. The van der Waals surface area contributed by atoms with Crippen molar-refractivity contribution < 1.29 is 19.6 Å². The second-order valence-corrected chi connectivity index (χ2v) is 6.91. The van der Waals surface area contributed by atoms with Gasteiger partial charge >= 0.3 is 5.97 Å². The summed E-state index contributed by atoms with van der Waals surface area (Å²) < 4.78 is 1.50. The van der Waals surface area contributed by atoms with Gasteiger partial charge in [-0.05, 0) is 12.1 Å². The lowest BCUT2D eigenvalue weighted by Crippen LogP contribution is -2.47. The van der Waals surface area contributed by atoms with Crippen LogP contribution >= 0.6 is 11.8 Å². The number of rotatable bonds is 5. The maximum Gasteiger partial charge on any atom is 0.305 e. The monoisotopic (exact) mass is 376 g/mol. The normalized spacial score (nSPS) is 17.1. The van der Waals surface area contributed by atoms with E-state index >= 15 is 0 Å². The van der Waals surface area contributed by atoms with Crippen LogP contribution in [0.5, 0.6) is 0 Å². The summed E-state index contributed by atoms with van der Waals surface area (Å²) in [6.07, 6.45) is 4.38. The molecule has 136 valence electrons. The van der Waals surface area contributed by atoms with Crippen molar-refractivity contribution in [3.63, 3.8) is 0 Å². The SMILES string of the molecule is O=C(O)CC1CSCCN1C(=O)c1ccc(-n2ccnc2)c([N+](=O)[O-])c1. The van der Waals surface area contributed by atoms with Gasteiger partial charge < -0.3 is 14.6 Å². The second-order valence-electron chi connectivity index (χ2n) is 5.76. The number of thioether (sulfide) groups is 1. The summed E-state index contributed by atoms with van der Waals surface area (Å²) >= 11 is 1.59. The molecule has 1 saturated heterocycles. The van der Waals surface area contributed by atoms with Crippen LogP contribution in [0.1, 0.15) is 16.8 Å². The van der Waals surface area contributed by atoms with Crippen LogP contribution in [0.2, 0.25) is 0 Å². The van der Waals surface area contributed by atoms with Gasteiger partial charge in [-0.15, -0.1) is 0 Å². The van der Waals surface area contributed by atoms with Crippen LogP contribution in [-0.4, -0.2) is 60.4 Å². The van der Waals surface area contributed by atoms with Crippen molar-refractivity contribution in [2.45, 2.75) is 12.5 Å². The number of hydrogen-bond acceptors (Lipinski definition) is 6. The maximum atomic E-state index is 12.8. The molecular weight excluding hydrogens is 360 g/mol. The van der Waals surface area contributed by atoms with Gasteiger partial charge in [-0.25, -0.2) is 4.98 Å². The van der Waals surface area contributed by atoms with E-state index in [1.165, 1.54) is 40.2 Å². The van der Waals surface area contributed by atoms with Crippen molar-refractivity contribution in [1.82, 2.24) is 14.5 Å². The number of hydrogen-bond donors (Lipinski definition) is 1. The van der Waals surface area contributed by atoms with Gasteiger partial charge in [0, 0.05) is 42.1 Å². The van der Waals surface area contributed by atoms with Crippen LogP contribution in [0.15, 0.2) is 36.9 Å². The van der Waals surface area contributed by atoms with E-state index in [0.717, 1.165) is 0 Å². The zero-order valence-electron chi connectivity index (χ0n) is 13.6. The third-order valence-electron chi connectivity index (χ3n) is 4.10. The topological polar surface area (TPSA) is 119 Å². The summed E-state index contributed by atoms with van der Waals surface area (Å²) in [7, 11) is 0. The first kappa shape index (κ1) is 17.9. The fourth-order valence-electron chi connectivity index (χ4n) is 2.88. The van der Waals surface area contributed by atoms with Crippen molar-refractivity contribution >= 4 is 29.3 Å². The maximum absolute atomic E-state index is 12.8. The average Bonchev–Trinajstić information content (AvgIpc) is 3.15. The second kappa shape index (κ2) is 7.56. The number of carboxylic acid groups (broad SMARTS) is 1. The Morgan fingerprint density at radius 3 is 2.88 bits per heavy atom. The molecule has 1 aromatic heterocycles. The van der Waals surface area contributed by atoms with E-state index < -0.39 is 22.8 Å². The molecule has 9 nitrogen and oxygen atoms in total. The fraction of sp³-hybridized carbons (Fsp3) is 0.312. The van der Waals surface area contributed by atoms with E-state index in [2.05, 4.69) is 4.98 Å². The number of aliphatic carboxylic acids is 1. The predicted octanol–water partition coefficient (Wildman–Crippen LogP) is 1.81. The minimum absolute atomic E-state index is 0.145. The molecule has 2 aromatic rings. The minimum atomic E-state index is -0.975. The molecule has 3 rings (SSSR count). The summed E-state index contributed by atoms with van der Waals surface area (Å²) in [5, 5.41) is 20.5. The van der Waals surface area contributed by atoms with Gasteiger partial charge in [-0.1, -0.05) is 0 Å². The van der Waals surface area contributed by atoms with Gasteiger partial charge in [-0.2, -0.15) is 11.8 Å². The quantitative estimate of drug-likeness (QED) is 0.624. The number of carbonyl (C=O) groups excluding carboxylic acids is 1. The van der Waals surface area contributed by atoms with Gasteiger partial charge in [-0.3, -0.25) is 19.7 Å². The predicted molar refractivity (Wildman–Crippen MR) is 94.6 cm³/mol. The van der Waals surface area contributed by atoms with Crippen LogP contribution in [0.4, 0.5) is 5.69 Å². The van der Waals surface area contributed by atoms with Gasteiger partial charge in [0.25, 0.3) is 11.6 Å². The first-order valence-corrected chi connectivity index (χ1v) is 9.00. The Kier molecular flexibility index (Phi) is 5.21. The highest BCUT2D eigenvalue weighted by atomic mass is 32.2. The van der Waals surface area contributed by atoms with Gasteiger partial charge in [0.2, 0.25) is 0 Å². The van der Waals surface area contributed by atoms with Crippen molar-refractivity contribution in [3.8, 4) is 5.69 Å². The molecule has 2 heterocycles. The largest absolute Gasteiger partial charge is 0.481 e. The highest BCUT2D eigenvalue weighted by Gasteiger charge is 2.30. The lowest BCUT2D eigenvalue weighted by Gasteiger charge is -2.34. The molecule has 1 aliphatic rings. The Morgan fingerprint density at radius 2 is 2.23 bits per heavy atom. The zero-order valence-corrected chi connectivity index (χ0v) is 14.5. The summed E-state index contributed by atoms with van der Waals surface area (Å²) in [5.74, 6) is -0.127. The number of carboxylic acids is 1. The van der Waals surface area contributed by atoms with Gasteiger partial charge in [0.15, 0.2) is 0 Å². The third-order valence-corrected chi connectivity index (χ3v) is 5.19. The Labute approximate surface area is 152 Å². The molecule has 1 N–H and O–H groups in total. The molecule has 10 heteroatoms. The Hall–Kier alpha value is -2.88. The Balaban J connectivity index is 1.93. The number of nitrogens with zero attached hydrogens (tertiary/aromatic N) is 4. The number of benzene rings is 1. The van der Waals surface area contributed by atoms with Crippen LogP contribution < -0.4 is 0 Å².